The van der Waals surface area contributed by atoms with Gasteiger partial charge in [-0.1, -0.05) is 24.4 Å². The third-order valence-corrected chi connectivity index (χ3v) is 3.37. The van der Waals surface area contributed by atoms with Crippen LogP contribution in [0, 0.1) is 4.64 Å². The lowest BCUT2D eigenvalue weighted by atomic mass is 10.2. The van der Waals surface area contributed by atoms with Crippen LogP contribution < -0.4 is 0 Å². The summed E-state index contributed by atoms with van der Waals surface area (Å²) in [5, 5.41) is 12.1. The second-order valence-corrected chi connectivity index (χ2v) is 4.64. The molecule has 3 heterocycles. The highest BCUT2D eigenvalue weighted by Gasteiger charge is 2.07. The van der Waals surface area contributed by atoms with Crippen molar-refractivity contribution in [2.45, 2.75) is 6.61 Å². The Bertz CT molecular complexity index is 762. The molecular formula is C14H12N4OS. The van der Waals surface area contributed by atoms with Crippen molar-refractivity contribution in [3.63, 3.8) is 0 Å². The number of aromatic nitrogens is 4. The predicted molar refractivity (Wildman–Crippen MR) is 77.9 cm³/mol. The molecule has 0 radical (unpaired) electrons. The van der Waals surface area contributed by atoms with Gasteiger partial charge in [-0.2, -0.15) is 0 Å². The summed E-state index contributed by atoms with van der Waals surface area (Å²) < 4.78 is 2.36. The van der Waals surface area contributed by atoms with E-state index in [0.717, 1.165) is 16.7 Å². The number of H-pyrrole nitrogens is 1. The summed E-state index contributed by atoms with van der Waals surface area (Å²) in [6.45, 7) is -0.0235. The maximum atomic E-state index is 9.02. The van der Waals surface area contributed by atoms with Gasteiger partial charge in [-0.25, -0.2) is 9.67 Å². The summed E-state index contributed by atoms with van der Waals surface area (Å²) in [5.74, 6) is 0.683. The van der Waals surface area contributed by atoms with Gasteiger partial charge in [0.25, 0.3) is 0 Å². The van der Waals surface area contributed by atoms with E-state index in [1.54, 1.807) is 23.3 Å². The number of aliphatic hydroxyl groups is 1. The first-order valence-corrected chi connectivity index (χ1v) is 6.47. The Morgan fingerprint density at radius 3 is 2.80 bits per heavy atom. The fraction of sp³-hybridized carbons (Fsp3) is 0.0714. The minimum absolute atomic E-state index is 0.0235. The molecule has 0 aromatic carbocycles. The Morgan fingerprint density at radius 2 is 2.15 bits per heavy atom. The molecule has 0 amide bonds. The van der Waals surface area contributed by atoms with Crippen LogP contribution in [-0.2, 0) is 6.61 Å². The third kappa shape index (κ3) is 2.26. The second kappa shape index (κ2) is 5.36. The monoisotopic (exact) mass is 284 g/mol. The van der Waals surface area contributed by atoms with E-state index in [1.165, 1.54) is 0 Å². The normalized spacial score (nSPS) is 10.7. The van der Waals surface area contributed by atoms with Crippen molar-refractivity contribution in [2.24, 2.45) is 0 Å². The number of hydrogen-bond donors (Lipinski definition) is 2. The van der Waals surface area contributed by atoms with Gasteiger partial charge in [0.2, 0.25) is 0 Å². The van der Waals surface area contributed by atoms with Gasteiger partial charge < -0.3 is 5.11 Å². The molecule has 3 aromatic heterocycles. The van der Waals surface area contributed by atoms with Gasteiger partial charge in [-0.3, -0.25) is 10.1 Å². The second-order valence-electron chi connectivity index (χ2n) is 4.25. The third-order valence-electron chi connectivity index (χ3n) is 2.96. The Balaban J connectivity index is 2.04. The zero-order valence-corrected chi connectivity index (χ0v) is 11.3. The molecule has 6 heteroatoms. The maximum Gasteiger partial charge on any atom is 0.152 e. The molecule has 3 aromatic rings. The lowest BCUT2D eigenvalue weighted by Gasteiger charge is -2.02. The summed E-state index contributed by atoms with van der Waals surface area (Å²) in [4.78, 5) is 8.37. The van der Waals surface area contributed by atoms with Gasteiger partial charge >= 0.3 is 0 Å². The summed E-state index contributed by atoms with van der Waals surface area (Å²) in [5.41, 5.74) is 2.62. The molecule has 0 fully saturated rings. The van der Waals surface area contributed by atoms with Gasteiger partial charge in [0.1, 0.15) is 4.64 Å². The molecular weight excluding hydrogens is 272 g/mol. The first kappa shape index (κ1) is 12.7. The van der Waals surface area contributed by atoms with Crippen molar-refractivity contribution in [3.8, 4) is 16.9 Å². The van der Waals surface area contributed by atoms with Gasteiger partial charge in [0, 0.05) is 35.9 Å². The minimum atomic E-state index is -0.0235. The number of hydrogen-bond acceptors (Lipinski definition) is 4. The molecule has 0 unspecified atom stereocenters. The van der Waals surface area contributed by atoms with E-state index in [9.17, 15) is 0 Å². The van der Waals surface area contributed by atoms with Crippen molar-refractivity contribution < 1.29 is 5.11 Å². The summed E-state index contributed by atoms with van der Waals surface area (Å²) in [6.07, 6.45) is 6.96. The van der Waals surface area contributed by atoms with Gasteiger partial charge in [0.15, 0.2) is 5.82 Å². The van der Waals surface area contributed by atoms with Crippen LogP contribution in [0.2, 0.25) is 0 Å². The molecule has 0 aliphatic rings. The van der Waals surface area contributed by atoms with E-state index in [4.69, 9.17) is 17.3 Å². The highest BCUT2D eigenvalue weighted by Crippen LogP contribution is 2.20. The molecule has 3 rings (SSSR count). The molecule has 0 aliphatic carbocycles. The lowest BCUT2D eigenvalue weighted by Crippen LogP contribution is -1.99. The standard InChI is InChI=1S/C14H12N4OS/c19-9-10-3-4-13(16-6-10)18-14(20)12(8-17-18)11-2-1-5-15-7-11/h1-8,17,19H,9H2. The van der Waals surface area contributed by atoms with Crippen LogP contribution in [-0.4, -0.2) is 24.9 Å². The molecule has 2 N–H and O–H groups in total. The number of nitrogens with zero attached hydrogens (tertiary/aromatic N) is 3. The largest absolute Gasteiger partial charge is 0.392 e. The average molecular weight is 284 g/mol. The smallest absolute Gasteiger partial charge is 0.152 e. The van der Waals surface area contributed by atoms with E-state index in [1.807, 2.05) is 30.5 Å². The Labute approximate surface area is 120 Å². The Morgan fingerprint density at radius 1 is 1.25 bits per heavy atom. The fourth-order valence-electron chi connectivity index (χ4n) is 1.91. The number of rotatable bonds is 3. The SMILES string of the molecule is OCc1ccc(-n2[nH]cc(-c3cccnc3)c2=S)nc1. The molecule has 5 nitrogen and oxygen atoms in total. The van der Waals surface area contributed by atoms with Crippen LogP contribution in [0.15, 0.2) is 49.1 Å². The van der Waals surface area contributed by atoms with Gasteiger partial charge in [0.05, 0.1) is 6.61 Å². The summed E-state index contributed by atoms with van der Waals surface area (Å²) in [7, 11) is 0. The van der Waals surface area contributed by atoms with Crippen LogP contribution in [0.3, 0.4) is 0 Å². The van der Waals surface area contributed by atoms with Gasteiger partial charge in [-0.15, -0.1) is 0 Å². The van der Waals surface area contributed by atoms with Crippen LogP contribution in [0.25, 0.3) is 16.9 Å². The van der Waals surface area contributed by atoms with E-state index in [-0.39, 0.29) is 6.61 Å². The molecule has 0 spiro atoms. The van der Waals surface area contributed by atoms with Crippen LogP contribution in [0.5, 0.6) is 0 Å². The topological polar surface area (TPSA) is 66.7 Å². The molecule has 0 saturated carbocycles. The van der Waals surface area contributed by atoms with E-state index in [2.05, 4.69) is 15.1 Å². The minimum Gasteiger partial charge on any atom is -0.392 e. The van der Waals surface area contributed by atoms with Crippen LogP contribution >= 0.6 is 12.2 Å². The zero-order valence-electron chi connectivity index (χ0n) is 10.5. The predicted octanol–water partition coefficient (Wildman–Crippen LogP) is 2.48. The molecule has 0 bridgehead atoms. The van der Waals surface area contributed by atoms with Crippen molar-refractivity contribution >= 4 is 12.2 Å². The molecule has 20 heavy (non-hydrogen) atoms. The molecule has 0 aliphatic heterocycles. The van der Waals surface area contributed by atoms with Crippen molar-refractivity contribution in [1.82, 2.24) is 19.7 Å². The van der Waals surface area contributed by atoms with E-state index in [0.29, 0.717) is 10.5 Å². The van der Waals surface area contributed by atoms with Gasteiger partial charge in [-0.05, 0) is 17.7 Å². The highest BCUT2D eigenvalue weighted by molar-refractivity contribution is 7.71. The summed E-state index contributed by atoms with van der Waals surface area (Å²) >= 11 is 5.47. The highest BCUT2D eigenvalue weighted by atomic mass is 32.1. The van der Waals surface area contributed by atoms with Crippen LogP contribution in [0.1, 0.15) is 5.56 Å². The Kier molecular flexibility index (Phi) is 3.41. The maximum absolute atomic E-state index is 9.02. The zero-order chi connectivity index (χ0) is 13.9. The average Bonchev–Trinajstić information content (AvgIpc) is 2.90. The van der Waals surface area contributed by atoms with E-state index < -0.39 is 0 Å². The number of nitrogens with one attached hydrogen (secondary N) is 1. The van der Waals surface area contributed by atoms with Crippen molar-refractivity contribution in [2.75, 3.05) is 0 Å². The lowest BCUT2D eigenvalue weighted by molar-refractivity contribution is 0.281. The number of aromatic amines is 1. The molecule has 100 valence electrons. The quantitative estimate of drug-likeness (QED) is 0.725. The first-order valence-electron chi connectivity index (χ1n) is 6.06. The first-order chi connectivity index (χ1) is 9.79. The Hall–Kier alpha value is -2.31. The number of pyridine rings is 2. The van der Waals surface area contributed by atoms with Crippen molar-refractivity contribution in [3.05, 3.63) is 59.3 Å². The molecule has 0 saturated heterocycles. The van der Waals surface area contributed by atoms with Crippen LogP contribution in [0.4, 0.5) is 0 Å². The van der Waals surface area contributed by atoms with Crippen molar-refractivity contribution in [1.29, 1.82) is 0 Å². The molecule has 0 atom stereocenters. The summed E-state index contributed by atoms with van der Waals surface area (Å²) in [6, 6.07) is 7.45. The van der Waals surface area contributed by atoms with E-state index >= 15 is 0 Å². The number of aliphatic hydroxyl groups excluding tert-OH is 1. The fourth-order valence-corrected chi connectivity index (χ4v) is 2.23.